The van der Waals surface area contributed by atoms with Crippen molar-refractivity contribution in [3.05, 3.63) is 49.6 Å². The van der Waals surface area contributed by atoms with Crippen LogP contribution in [0.2, 0.25) is 9.36 Å². The molecule has 100 valence electrons. The summed E-state index contributed by atoms with van der Waals surface area (Å²) in [7, 11) is 0. The normalized spacial score (nSPS) is 18.2. The van der Waals surface area contributed by atoms with Crippen LogP contribution in [-0.2, 0) is 6.42 Å². The quantitative estimate of drug-likeness (QED) is 0.733. The molecular weight excluding hydrogens is 297 g/mol. The Morgan fingerprint density at radius 3 is 2.89 bits per heavy atom. The molecule has 0 radical (unpaired) electrons. The van der Waals surface area contributed by atoms with Crippen molar-refractivity contribution in [2.24, 2.45) is 0 Å². The molecule has 19 heavy (non-hydrogen) atoms. The molecule has 1 heterocycles. The summed E-state index contributed by atoms with van der Waals surface area (Å²) in [6, 6.07) is 8.59. The number of aryl methyl sites for hydroxylation is 2. The molecule has 0 spiro atoms. The summed E-state index contributed by atoms with van der Waals surface area (Å²) < 4.78 is 0.889. The minimum atomic E-state index is 0.353. The fraction of sp³-hybridized carbons (Fsp3) is 0.333. The van der Waals surface area contributed by atoms with E-state index in [1.54, 1.807) is 11.3 Å². The fourth-order valence-corrected chi connectivity index (χ4v) is 4.12. The SMILES string of the molecule is Cc1ccc(NC2CCCc3sc(Cl)cc32)cc1Cl. The second-order valence-electron chi connectivity index (χ2n) is 4.98. The van der Waals surface area contributed by atoms with Crippen LogP contribution in [0.3, 0.4) is 0 Å². The molecular formula is C15H15Cl2NS. The molecule has 1 aliphatic carbocycles. The Labute approximate surface area is 127 Å². The summed E-state index contributed by atoms with van der Waals surface area (Å²) >= 11 is 14.0. The highest BCUT2D eigenvalue weighted by Gasteiger charge is 2.22. The molecule has 1 aromatic carbocycles. The maximum absolute atomic E-state index is 6.18. The van der Waals surface area contributed by atoms with Gasteiger partial charge in [-0.25, -0.2) is 0 Å². The number of fused-ring (bicyclic) bond motifs is 1. The minimum Gasteiger partial charge on any atom is -0.378 e. The van der Waals surface area contributed by atoms with Gasteiger partial charge >= 0.3 is 0 Å². The summed E-state index contributed by atoms with van der Waals surface area (Å²) in [5.74, 6) is 0. The fourth-order valence-electron chi connectivity index (χ4n) is 2.56. The van der Waals surface area contributed by atoms with Gasteiger partial charge in [0.25, 0.3) is 0 Å². The Hall–Kier alpha value is -0.700. The predicted molar refractivity (Wildman–Crippen MR) is 84.8 cm³/mol. The van der Waals surface area contributed by atoms with Crippen molar-refractivity contribution in [3.8, 4) is 0 Å². The van der Waals surface area contributed by atoms with Gasteiger partial charge in [-0.2, -0.15) is 0 Å². The highest BCUT2D eigenvalue weighted by atomic mass is 35.5. The minimum absolute atomic E-state index is 0.353. The smallest absolute Gasteiger partial charge is 0.0934 e. The van der Waals surface area contributed by atoms with Gasteiger partial charge in [0.15, 0.2) is 0 Å². The van der Waals surface area contributed by atoms with E-state index in [1.165, 1.54) is 16.9 Å². The number of hydrogen-bond acceptors (Lipinski definition) is 2. The van der Waals surface area contributed by atoms with E-state index in [2.05, 4.69) is 23.5 Å². The third-order valence-electron chi connectivity index (χ3n) is 3.60. The van der Waals surface area contributed by atoms with Crippen molar-refractivity contribution in [1.29, 1.82) is 0 Å². The molecule has 3 rings (SSSR count). The number of benzene rings is 1. The van der Waals surface area contributed by atoms with E-state index in [9.17, 15) is 0 Å². The molecule has 1 aromatic heterocycles. The molecule has 4 heteroatoms. The van der Waals surface area contributed by atoms with Crippen molar-refractivity contribution in [2.45, 2.75) is 32.2 Å². The van der Waals surface area contributed by atoms with Crippen molar-refractivity contribution in [1.82, 2.24) is 0 Å². The number of thiophene rings is 1. The van der Waals surface area contributed by atoms with Crippen LogP contribution in [0.25, 0.3) is 0 Å². The van der Waals surface area contributed by atoms with E-state index in [0.717, 1.165) is 33.5 Å². The van der Waals surface area contributed by atoms with Gasteiger partial charge in [-0.3, -0.25) is 0 Å². The first-order valence-electron chi connectivity index (χ1n) is 6.44. The van der Waals surface area contributed by atoms with Gasteiger partial charge in [-0.15, -0.1) is 11.3 Å². The number of nitrogens with one attached hydrogen (secondary N) is 1. The van der Waals surface area contributed by atoms with Gasteiger partial charge in [0.2, 0.25) is 0 Å². The zero-order valence-electron chi connectivity index (χ0n) is 10.7. The summed E-state index contributed by atoms with van der Waals surface area (Å²) in [4.78, 5) is 1.42. The van der Waals surface area contributed by atoms with Crippen LogP contribution < -0.4 is 5.32 Å². The molecule has 2 aromatic rings. The van der Waals surface area contributed by atoms with Crippen LogP contribution in [0.15, 0.2) is 24.3 Å². The predicted octanol–water partition coefficient (Wildman–Crippen LogP) is 5.85. The second kappa shape index (κ2) is 5.35. The first kappa shape index (κ1) is 13.3. The summed E-state index contributed by atoms with van der Waals surface area (Å²) in [5.41, 5.74) is 3.55. The van der Waals surface area contributed by atoms with Crippen LogP contribution in [-0.4, -0.2) is 0 Å². The van der Waals surface area contributed by atoms with Crippen molar-refractivity contribution >= 4 is 40.2 Å². The van der Waals surface area contributed by atoms with Crippen LogP contribution in [0.5, 0.6) is 0 Å². The number of anilines is 1. The van der Waals surface area contributed by atoms with Crippen LogP contribution >= 0.6 is 34.5 Å². The average Bonchev–Trinajstić information content (AvgIpc) is 2.75. The van der Waals surface area contributed by atoms with E-state index in [0.29, 0.717) is 6.04 Å². The first-order chi connectivity index (χ1) is 9.13. The van der Waals surface area contributed by atoms with Crippen molar-refractivity contribution in [2.75, 3.05) is 5.32 Å². The Balaban J connectivity index is 1.86. The van der Waals surface area contributed by atoms with E-state index in [1.807, 2.05) is 13.0 Å². The van der Waals surface area contributed by atoms with Gasteiger partial charge in [-0.1, -0.05) is 29.3 Å². The lowest BCUT2D eigenvalue weighted by Crippen LogP contribution is -2.15. The molecule has 1 N–H and O–H groups in total. The summed E-state index contributed by atoms with van der Waals surface area (Å²) in [6.07, 6.45) is 3.51. The molecule has 0 bridgehead atoms. The third-order valence-corrected chi connectivity index (χ3v) is 5.34. The maximum atomic E-state index is 6.18. The molecule has 1 nitrogen and oxygen atoms in total. The largest absolute Gasteiger partial charge is 0.378 e. The van der Waals surface area contributed by atoms with E-state index < -0.39 is 0 Å². The van der Waals surface area contributed by atoms with Crippen LogP contribution in [0.4, 0.5) is 5.69 Å². The van der Waals surface area contributed by atoms with E-state index in [4.69, 9.17) is 23.2 Å². The van der Waals surface area contributed by atoms with Crippen LogP contribution in [0.1, 0.15) is 34.9 Å². The van der Waals surface area contributed by atoms with Gasteiger partial charge in [0.1, 0.15) is 0 Å². The summed E-state index contributed by atoms with van der Waals surface area (Å²) in [6.45, 7) is 2.02. The lowest BCUT2D eigenvalue weighted by Gasteiger charge is -2.24. The van der Waals surface area contributed by atoms with Gasteiger partial charge in [0.05, 0.1) is 10.4 Å². The number of rotatable bonds is 2. The van der Waals surface area contributed by atoms with Crippen molar-refractivity contribution in [3.63, 3.8) is 0 Å². The topological polar surface area (TPSA) is 12.0 Å². The Kier molecular flexibility index (Phi) is 3.75. The maximum Gasteiger partial charge on any atom is 0.0934 e. The molecule has 0 saturated carbocycles. The first-order valence-corrected chi connectivity index (χ1v) is 8.01. The molecule has 1 atom stereocenters. The number of hydrogen-bond donors (Lipinski definition) is 1. The molecule has 0 aliphatic heterocycles. The van der Waals surface area contributed by atoms with Crippen LogP contribution in [0, 0.1) is 6.92 Å². The standard InChI is InChI=1S/C15H15Cl2NS/c1-9-5-6-10(7-12(9)16)18-13-3-2-4-14-11(13)8-15(17)19-14/h5-8,13,18H,2-4H2,1H3. The molecule has 1 unspecified atom stereocenters. The molecule has 0 fully saturated rings. The monoisotopic (exact) mass is 311 g/mol. The van der Waals surface area contributed by atoms with E-state index >= 15 is 0 Å². The highest BCUT2D eigenvalue weighted by molar-refractivity contribution is 7.16. The lowest BCUT2D eigenvalue weighted by molar-refractivity contribution is 0.609. The molecule has 1 aliphatic rings. The lowest BCUT2D eigenvalue weighted by atomic mass is 9.94. The second-order valence-corrected chi connectivity index (χ2v) is 7.16. The third kappa shape index (κ3) is 2.76. The Morgan fingerprint density at radius 1 is 1.26 bits per heavy atom. The van der Waals surface area contributed by atoms with E-state index in [-0.39, 0.29) is 0 Å². The zero-order valence-corrected chi connectivity index (χ0v) is 13.0. The molecule has 0 saturated heterocycles. The zero-order chi connectivity index (χ0) is 13.4. The highest BCUT2D eigenvalue weighted by Crippen LogP contribution is 2.39. The van der Waals surface area contributed by atoms with Gasteiger partial charge in [0, 0.05) is 15.6 Å². The summed E-state index contributed by atoms with van der Waals surface area (Å²) in [5, 5.41) is 4.39. The Bertz CT molecular complexity index is 606. The Morgan fingerprint density at radius 2 is 2.11 bits per heavy atom. The molecule has 0 amide bonds. The number of halogens is 2. The average molecular weight is 312 g/mol. The van der Waals surface area contributed by atoms with Gasteiger partial charge < -0.3 is 5.32 Å². The van der Waals surface area contributed by atoms with Gasteiger partial charge in [-0.05, 0) is 55.5 Å². The van der Waals surface area contributed by atoms with Crippen molar-refractivity contribution < 1.29 is 0 Å².